The van der Waals surface area contributed by atoms with Gasteiger partial charge in [-0.05, 0) is 51.4 Å². The Bertz CT molecular complexity index is 1450. The Morgan fingerprint density at radius 3 is 2.67 bits per heavy atom. The van der Waals surface area contributed by atoms with E-state index in [0.29, 0.717) is 60.5 Å². The van der Waals surface area contributed by atoms with Crippen LogP contribution in [0, 0.1) is 5.82 Å². The number of nitrogens with one attached hydrogen (secondary N) is 2. The molecule has 0 radical (unpaired) electrons. The van der Waals surface area contributed by atoms with Crippen molar-refractivity contribution in [3.05, 3.63) is 54.0 Å². The fraction of sp³-hybridized carbons (Fsp3) is 0.407. The van der Waals surface area contributed by atoms with Crippen LogP contribution in [0.5, 0.6) is 0 Å². The van der Waals surface area contributed by atoms with E-state index in [2.05, 4.69) is 30.6 Å². The van der Waals surface area contributed by atoms with E-state index in [1.165, 1.54) is 10.6 Å². The number of piperazine rings is 1. The molecule has 12 nitrogen and oxygen atoms in total. The molecular formula is C27H35FN10O2. The average molecular weight is 551 g/mol. The third-order valence-electron chi connectivity index (χ3n) is 6.77. The molecule has 0 saturated carbocycles. The first-order chi connectivity index (χ1) is 19.3. The molecule has 1 fully saturated rings. The van der Waals surface area contributed by atoms with Gasteiger partial charge < -0.3 is 30.6 Å². The zero-order chi connectivity index (χ0) is 28.2. The molecule has 3 aromatic heterocycles. The molecule has 40 heavy (non-hydrogen) atoms. The molecule has 4 aromatic rings. The number of hydrogen-bond acceptors (Lipinski definition) is 10. The average Bonchev–Trinajstić information content (AvgIpc) is 3.59. The monoisotopic (exact) mass is 550 g/mol. The molecule has 1 saturated heterocycles. The van der Waals surface area contributed by atoms with Crippen LogP contribution in [-0.4, -0.2) is 101 Å². The maximum absolute atomic E-state index is 15.0. The third-order valence-corrected chi connectivity index (χ3v) is 6.77. The van der Waals surface area contributed by atoms with Crippen LogP contribution in [-0.2, 0) is 0 Å². The van der Waals surface area contributed by atoms with Gasteiger partial charge in [-0.15, -0.1) is 0 Å². The number of rotatable bonds is 10. The predicted octanol–water partition coefficient (Wildman–Crippen LogP) is 2.02. The normalized spacial score (nSPS) is 15.1. The highest BCUT2D eigenvalue weighted by Crippen LogP contribution is 2.23. The summed E-state index contributed by atoms with van der Waals surface area (Å²) in [6, 6.07) is 10.1. The van der Waals surface area contributed by atoms with Crippen molar-refractivity contribution in [3.8, 4) is 11.5 Å². The molecule has 1 aliphatic rings. The van der Waals surface area contributed by atoms with Gasteiger partial charge in [0.1, 0.15) is 11.5 Å². The summed E-state index contributed by atoms with van der Waals surface area (Å²) in [4.78, 5) is 27.6. The molecule has 4 heterocycles. The van der Waals surface area contributed by atoms with Gasteiger partial charge in [-0.3, -0.25) is 9.69 Å². The van der Waals surface area contributed by atoms with Crippen molar-refractivity contribution in [3.63, 3.8) is 0 Å². The maximum atomic E-state index is 15.0. The highest BCUT2D eigenvalue weighted by atomic mass is 19.1. The van der Waals surface area contributed by atoms with Crippen LogP contribution in [0.2, 0.25) is 0 Å². The molecular weight excluding hydrogens is 515 g/mol. The van der Waals surface area contributed by atoms with Crippen LogP contribution in [0.3, 0.4) is 0 Å². The lowest BCUT2D eigenvalue weighted by Crippen LogP contribution is -2.48. The summed E-state index contributed by atoms with van der Waals surface area (Å²) in [5, 5.41) is 10.6. The summed E-state index contributed by atoms with van der Waals surface area (Å²) >= 11 is 0. The van der Waals surface area contributed by atoms with E-state index in [1.807, 2.05) is 36.9 Å². The number of halogens is 1. The van der Waals surface area contributed by atoms with Crippen molar-refractivity contribution in [2.24, 2.45) is 0 Å². The Hall–Kier alpha value is -4.23. The number of amides is 1. The molecule has 13 heteroatoms. The van der Waals surface area contributed by atoms with Crippen LogP contribution < -0.4 is 21.3 Å². The number of nitrogen functional groups attached to an aromatic ring is 1. The molecule has 0 aliphatic carbocycles. The molecule has 212 valence electrons. The molecule has 5 rings (SSSR count). The lowest BCUT2D eigenvalue weighted by molar-refractivity contribution is 0.0934. The van der Waals surface area contributed by atoms with E-state index in [4.69, 9.17) is 10.2 Å². The predicted molar refractivity (Wildman–Crippen MR) is 152 cm³/mol. The van der Waals surface area contributed by atoms with Crippen LogP contribution in [0.4, 0.5) is 22.0 Å². The molecule has 0 spiro atoms. The number of benzene rings is 1. The maximum Gasteiger partial charge on any atom is 0.251 e. The molecule has 1 atom stereocenters. The number of nitrogens with two attached hydrogens (primary N) is 1. The van der Waals surface area contributed by atoms with Gasteiger partial charge in [0, 0.05) is 63.5 Å². The van der Waals surface area contributed by atoms with E-state index >= 15 is 0 Å². The Kier molecular flexibility index (Phi) is 8.12. The first-order valence-corrected chi connectivity index (χ1v) is 13.3. The van der Waals surface area contributed by atoms with Crippen LogP contribution in [0.15, 0.2) is 47.1 Å². The largest absolute Gasteiger partial charge is 0.463 e. The van der Waals surface area contributed by atoms with Gasteiger partial charge in [-0.25, -0.2) is 4.39 Å². The standard InChI is InChI=1S/C27H35FN10O2/c1-18(17-35(2)3)31-25(39)19-6-7-22(20(28)15-19)37-12-10-36(11-13-37)9-8-30-27-32-24-16-21(23-5-4-14-40-23)34-38(24)26(29)33-27/h4-7,14-16,18H,8-13,17H2,1-3H3,(H,31,39)(H3,29,30,32,33)/t18-/m1/s1. The summed E-state index contributed by atoms with van der Waals surface area (Å²) < 4.78 is 21.8. The molecule has 4 N–H and O–H groups in total. The minimum Gasteiger partial charge on any atom is -0.463 e. The quantitative estimate of drug-likeness (QED) is 0.269. The van der Waals surface area contributed by atoms with Crippen molar-refractivity contribution in [1.82, 2.24) is 34.7 Å². The first kappa shape index (κ1) is 27.3. The van der Waals surface area contributed by atoms with E-state index in [-0.39, 0.29) is 23.7 Å². The summed E-state index contributed by atoms with van der Waals surface area (Å²) in [6.07, 6.45) is 1.59. The Labute approximate surface area is 232 Å². The number of carbonyl (C=O) groups excluding carboxylic acids is 1. The van der Waals surface area contributed by atoms with E-state index in [0.717, 1.165) is 19.6 Å². The minimum absolute atomic E-state index is 0.0363. The van der Waals surface area contributed by atoms with Crippen molar-refractivity contribution in [2.45, 2.75) is 13.0 Å². The van der Waals surface area contributed by atoms with E-state index in [9.17, 15) is 9.18 Å². The number of likely N-dealkylation sites (N-methyl/N-ethyl adjacent to an activating group) is 1. The van der Waals surface area contributed by atoms with Crippen molar-refractivity contribution in [1.29, 1.82) is 0 Å². The highest BCUT2D eigenvalue weighted by Gasteiger charge is 2.21. The zero-order valence-electron chi connectivity index (χ0n) is 23.0. The van der Waals surface area contributed by atoms with E-state index < -0.39 is 0 Å². The van der Waals surface area contributed by atoms with Gasteiger partial charge in [-0.2, -0.15) is 19.6 Å². The Morgan fingerprint density at radius 1 is 1.18 bits per heavy atom. The summed E-state index contributed by atoms with van der Waals surface area (Å²) in [5.74, 6) is 0.630. The SMILES string of the molecule is C[C@H](CN(C)C)NC(=O)c1ccc(N2CCN(CCNc3nc(N)n4nc(-c5ccco5)cc4n3)CC2)c(F)c1. The third kappa shape index (κ3) is 6.32. The number of carbonyl (C=O) groups is 1. The molecule has 1 aromatic carbocycles. The van der Waals surface area contributed by atoms with Crippen LogP contribution in [0.25, 0.3) is 17.1 Å². The fourth-order valence-corrected chi connectivity index (χ4v) is 4.88. The molecule has 0 bridgehead atoms. The van der Waals surface area contributed by atoms with Crippen LogP contribution in [0.1, 0.15) is 17.3 Å². The number of hydrogen-bond donors (Lipinski definition) is 3. The Balaban J connectivity index is 1.11. The smallest absolute Gasteiger partial charge is 0.251 e. The molecule has 0 unspecified atom stereocenters. The van der Waals surface area contributed by atoms with Crippen LogP contribution >= 0.6 is 0 Å². The minimum atomic E-state index is -0.386. The second kappa shape index (κ2) is 11.9. The molecule has 1 amide bonds. The highest BCUT2D eigenvalue weighted by molar-refractivity contribution is 5.94. The van der Waals surface area contributed by atoms with Crippen molar-refractivity contribution < 1.29 is 13.6 Å². The van der Waals surface area contributed by atoms with Gasteiger partial charge in [0.25, 0.3) is 5.91 Å². The molecule has 1 aliphatic heterocycles. The number of furan rings is 1. The topological polar surface area (TPSA) is 133 Å². The number of anilines is 3. The van der Waals surface area contributed by atoms with E-state index in [1.54, 1.807) is 30.5 Å². The number of nitrogens with zero attached hydrogens (tertiary/aromatic N) is 7. The van der Waals surface area contributed by atoms with Gasteiger partial charge in [0.05, 0.1) is 12.0 Å². The van der Waals surface area contributed by atoms with Gasteiger partial charge >= 0.3 is 0 Å². The van der Waals surface area contributed by atoms with Gasteiger partial charge in [-0.1, -0.05) is 0 Å². The fourth-order valence-electron chi connectivity index (χ4n) is 4.88. The van der Waals surface area contributed by atoms with Gasteiger partial charge in [0.2, 0.25) is 11.9 Å². The van der Waals surface area contributed by atoms with Crippen molar-refractivity contribution in [2.75, 3.05) is 75.9 Å². The lowest BCUT2D eigenvalue weighted by Gasteiger charge is -2.36. The lowest BCUT2D eigenvalue weighted by atomic mass is 10.1. The summed E-state index contributed by atoms with van der Waals surface area (Å²) in [5.41, 5.74) is 8.14. The zero-order valence-corrected chi connectivity index (χ0v) is 23.0. The Morgan fingerprint density at radius 2 is 1.98 bits per heavy atom. The summed E-state index contributed by atoms with van der Waals surface area (Å²) in [7, 11) is 3.89. The number of fused-ring (bicyclic) bond motifs is 1. The first-order valence-electron chi connectivity index (χ1n) is 13.3. The van der Waals surface area contributed by atoms with Gasteiger partial charge in [0.15, 0.2) is 11.4 Å². The van der Waals surface area contributed by atoms with Crippen molar-refractivity contribution >= 4 is 29.1 Å². The number of aromatic nitrogens is 4. The second-order valence-corrected chi connectivity index (χ2v) is 10.2. The second-order valence-electron chi connectivity index (χ2n) is 10.2. The summed E-state index contributed by atoms with van der Waals surface area (Å²) in [6.45, 7) is 6.96.